The van der Waals surface area contributed by atoms with Gasteiger partial charge in [-0.1, -0.05) is 23.7 Å². The molecule has 3 N–H and O–H groups in total. The van der Waals surface area contributed by atoms with Crippen LogP contribution in [0.2, 0.25) is 5.02 Å². The number of H-pyrrole nitrogens is 1. The van der Waals surface area contributed by atoms with Gasteiger partial charge in [-0.05, 0) is 38.0 Å². The number of aryl methyl sites for hydroxylation is 1. The molecule has 0 amide bonds. The Morgan fingerprint density at radius 1 is 1.22 bits per heavy atom. The fourth-order valence-corrected chi connectivity index (χ4v) is 4.78. The number of piperidine rings is 1. The van der Waals surface area contributed by atoms with Crippen molar-refractivity contribution in [3.8, 4) is 0 Å². The molecule has 1 aliphatic rings. The molecule has 7 nitrogen and oxygen atoms in total. The van der Waals surface area contributed by atoms with Crippen molar-refractivity contribution >= 4 is 29.2 Å². The van der Waals surface area contributed by atoms with Crippen LogP contribution < -0.4 is 5.32 Å². The van der Waals surface area contributed by atoms with E-state index in [1.165, 1.54) is 12.1 Å². The number of carboxylic acids is 1. The van der Waals surface area contributed by atoms with Crippen molar-refractivity contribution in [2.24, 2.45) is 5.41 Å². The van der Waals surface area contributed by atoms with E-state index in [1.807, 2.05) is 0 Å². The lowest BCUT2D eigenvalue weighted by molar-refractivity contribution is -0.194. The molecule has 1 aromatic carbocycles. The summed E-state index contributed by atoms with van der Waals surface area (Å²) in [6.07, 6.45) is -5.63. The number of benzene rings is 1. The zero-order chi connectivity index (χ0) is 27.0. The van der Waals surface area contributed by atoms with Crippen molar-refractivity contribution in [3.63, 3.8) is 0 Å². The molecular formula is C24H23ClF5N5O2. The Labute approximate surface area is 213 Å². The van der Waals surface area contributed by atoms with Crippen molar-refractivity contribution in [3.05, 3.63) is 70.0 Å². The third-order valence-corrected chi connectivity index (χ3v) is 6.84. The summed E-state index contributed by atoms with van der Waals surface area (Å²) in [6, 6.07) is 5.28. The van der Waals surface area contributed by atoms with Crippen molar-refractivity contribution in [2.45, 2.75) is 38.4 Å². The van der Waals surface area contributed by atoms with E-state index in [2.05, 4.69) is 20.5 Å². The Bertz CT molecular complexity index is 1290. The van der Waals surface area contributed by atoms with Crippen molar-refractivity contribution < 1.29 is 31.9 Å². The number of halogens is 6. The molecule has 0 spiro atoms. The van der Waals surface area contributed by atoms with Gasteiger partial charge in [0.1, 0.15) is 23.5 Å². The van der Waals surface area contributed by atoms with Crippen LogP contribution in [0.15, 0.2) is 36.4 Å². The molecule has 0 bridgehead atoms. The molecule has 3 heterocycles. The van der Waals surface area contributed by atoms with Gasteiger partial charge in [-0.15, -0.1) is 0 Å². The number of hydrogen-bond donors (Lipinski definition) is 3. The lowest BCUT2D eigenvalue weighted by Gasteiger charge is -2.42. The first kappa shape index (κ1) is 26.8. The highest BCUT2D eigenvalue weighted by atomic mass is 35.5. The molecular weight excluding hydrogens is 521 g/mol. The summed E-state index contributed by atoms with van der Waals surface area (Å²) in [7, 11) is 0. The van der Waals surface area contributed by atoms with Crippen LogP contribution in [0.4, 0.5) is 33.6 Å². The topological polar surface area (TPSA) is 94.1 Å². The molecule has 0 saturated carbocycles. The summed E-state index contributed by atoms with van der Waals surface area (Å²) in [6.45, 7) is 1.16. The maximum Gasteiger partial charge on any atom is 0.408 e. The number of carboxylic acid groups (broad SMARTS) is 1. The highest BCUT2D eigenvalue weighted by molar-refractivity contribution is 6.30. The second-order valence-electron chi connectivity index (χ2n) is 9.07. The van der Waals surface area contributed by atoms with Crippen LogP contribution in [-0.2, 0) is 11.2 Å². The van der Waals surface area contributed by atoms with E-state index in [9.17, 15) is 31.9 Å². The Morgan fingerprint density at radius 2 is 1.92 bits per heavy atom. The third kappa shape index (κ3) is 5.69. The van der Waals surface area contributed by atoms with Gasteiger partial charge in [-0.25, -0.2) is 13.8 Å². The number of aliphatic carboxylic acids is 1. The van der Waals surface area contributed by atoms with Crippen LogP contribution >= 0.6 is 11.6 Å². The zero-order valence-electron chi connectivity index (χ0n) is 19.5. The monoisotopic (exact) mass is 543 g/mol. The Balaban J connectivity index is 1.56. The summed E-state index contributed by atoms with van der Waals surface area (Å²) in [4.78, 5) is 17.5. The van der Waals surface area contributed by atoms with E-state index >= 15 is 0 Å². The SMILES string of the molecule is Cc1cc(Nc2ccc(F)c(CC3(C(=O)O)CCN([C@H](c4cccc(Cl)c4F)C(F)(F)F)CC3)n2)n[nH]1. The van der Waals surface area contributed by atoms with Gasteiger partial charge < -0.3 is 10.4 Å². The van der Waals surface area contributed by atoms with E-state index in [0.29, 0.717) is 5.82 Å². The predicted octanol–water partition coefficient (Wildman–Crippen LogP) is 5.80. The van der Waals surface area contributed by atoms with E-state index in [-0.39, 0.29) is 43.9 Å². The van der Waals surface area contributed by atoms with Gasteiger partial charge in [-0.2, -0.15) is 18.3 Å². The number of carbonyl (C=O) groups is 1. The quantitative estimate of drug-likeness (QED) is 0.326. The molecule has 37 heavy (non-hydrogen) atoms. The van der Waals surface area contributed by atoms with Crippen LogP contribution in [0.1, 0.15) is 35.8 Å². The van der Waals surface area contributed by atoms with Gasteiger partial charge in [0, 0.05) is 36.8 Å². The van der Waals surface area contributed by atoms with Gasteiger partial charge in [0.2, 0.25) is 0 Å². The van der Waals surface area contributed by atoms with Gasteiger partial charge in [0.15, 0.2) is 5.82 Å². The second-order valence-corrected chi connectivity index (χ2v) is 9.48. The van der Waals surface area contributed by atoms with E-state index in [4.69, 9.17) is 11.6 Å². The minimum absolute atomic E-state index is 0.138. The first-order valence-corrected chi connectivity index (χ1v) is 11.7. The standard InChI is InChI=1S/C24H23ClF5N5O2/c1-13-11-19(34-33-13)32-18-6-5-16(26)17(31-18)12-23(22(36)37)7-9-35(10-8-23)21(24(28,29)30)14-3-2-4-15(25)20(14)27/h2-6,11,21H,7-10,12H2,1H3,(H,36,37)(H2,31,32,33,34)/t21-/m1/s1. The Hall–Kier alpha value is -3.25. The normalized spacial score (nSPS) is 16.9. The zero-order valence-corrected chi connectivity index (χ0v) is 20.3. The highest BCUT2D eigenvalue weighted by Gasteiger charge is 2.50. The molecule has 198 valence electrons. The number of pyridine rings is 1. The number of hydrogen-bond acceptors (Lipinski definition) is 5. The van der Waals surface area contributed by atoms with Gasteiger partial charge in [0.25, 0.3) is 0 Å². The molecule has 2 aromatic heterocycles. The van der Waals surface area contributed by atoms with Crippen molar-refractivity contribution in [1.82, 2.24) is 20.1 Å². The fourth-order valence-electron chi connectivity index (χ4n) is 4.60. The Kier molecular flexibility index (Phi) is 7.43. The van der Waals surface area contributed by atoms with Crippen molar-refractivity contribution in [2.75, 3.05) is 18.4 Å². The molecule has 0 unspecified atom stereocenters. The first-order valence-electron chi connectivity index (χ1n) is 11.3. The number of likely N-dealkylation sites (tertiary alicyclic amines) is 1. The van der Waals surface area contributed by atoms with Crippen LogP contribution in [0.3, 0.4) is 0 Å². The second kappa shape index (κ2) is 10.3. The number of anilines is 2. The summed E-state index contributed by atoms with van der Waals surface area (Å²) in [5.74, 6) is -2.53. The van der Waals surface area contributed by atoms with E-state index in [0.717, 1.165) is 28.8 Å². The molecule has 1 atom stereocenters. The lowest BCUT2D eigenvalue weighted by atomic mass is 9.74. The molecule has 4 rings (SSSR count). The number of aromatic amines is 1. The number of nitrogens with one attached hydrogen (secondary N) is 2. The summed E-state index contributed by atoms with van der Waals surface area (Å²) >= 11 is 5.71. The molecule has 0 radical (unpaired) electrons. The smallest absolute Gasteiger partial charge is 0.408 e. The molecule has 3 aromatic rings. The number of aromatic nitrogens is 3. The maximum atomic E-state index is 14.6. The minimum Gasteiger partial charge on any atom is -0.481 e. The molecule has 1 saturated heterocycles. The highest BCUT2D eigenvalue weighted by Crippen LogP contribution is 2.44. The van der Waals surface area contributed by atoms with Gasteiger partial charge >= 0.3 is 12.1 Å². The van der Waals surface area contributed by atoms with E-state index < -0.39 is 45.8 Å². The van der Waals surface area contributed by atoms with E-state index in [1.54, 1.807) is 13.0 Å². The lowest BCUT2D eigenvalue weighted by Crippen LogP contribution is -2.49. The maximum absolute atomic E-state index is 14.6. The summed E-state index contributed by atoms with van der Waals surface area (Å²) < 4.78 is 71.3. The first-order chi connectivity index (χ1) is 17.4. The van der Waals surface area contributed by atoms with Gasteiger partial charge in [0.05, 0.1) is 16.1 Å². The van der Waals surface area contributed by atoms with Crippen molar-refractivity contribution in [1.29, 1.82) is 0 Å². The van der Waals surface area contributed by atoms with Crippen LogP contribution in [0.5, 0.6) is 0 Å². The minimum atomic E-state index is -4.84. The average molecular weight is 544 g/mol. The predicted molar refractivity (Wildman–Crippen MR) is 126 cm³/mol. The third-order valence-electron chi connectivity index (χ3n) is 6.55. The van der Waals surface area contributed by atoms with Crippen LogP contribution in [-0.4, -0.2) is 50.4 Å². The molecule has 13 heteroatoms. The largest absolute Gasteiger partial charge is 0.481 e. The summed E-state index contributed by atoms with van der Waals surface area (Å²) in [5.41, 5.74) is -1.56. The number of rotatable bonds is 7. The molecule has 0 aliphatic carbocycles. The fraction of sp³-hybridized carbons (Fsp3) is 0.375. The number of alkyl halides is 3. The molecule has 1 aliphatic heterocycles. The van der Waals surface area contributed by atoms with Crippen LogP contribution in [0.25, 0.3) is 0 Å². The number of nitrogens with zero attached hydrogens (tertiary/aromatic N) is 3. The molecule has 1 fully saturated rings. The average Bonchev–Trinajstić information content (AvgIpc) is 3.23. The Morgan fingerprint density at radius 3 is 2.51 bits per heavy atom. The van der Waals surface area contributed by atoms with Gasteiger partial charge in [-0.3, -0.25) is 14.8 Å². The summed E-state index contributed by atoms with van der Waals surface area (Å²) in [5, 5.41) is 19.2. The van der Waals surface area contributed by atoms with Crippen LogP contribution in [0, 0.1) is 24.0 Å².